The Hall–Kier alpha value is 0.420. The molecule has 18 heavy (non-hydrogen) atoms. The largest absolute Gasteiger partial charge is 0.395 e. The lowest BCUT2D eigenvalue weighted by atomic mass is 9.99. The summed E-state index contributed by atoms with van der Waals surface area (Å²) in [7, 11) is 0. The number of β-amino-alcohol motifs (C(OH)–C–C–N with tert-alkyl or cyclic N) is 1. The smallest absolute Gasteiger partial charge is 0.0558 e. The van der Waals surface area contributed by atoms with Gasteiger partial charge in [-0.25, -0.2) is 0 Å². The van der Waals surface area contributed by atoms with Crippen LogP contribution in [0.5, 0.6) is 0 Å². The van der Waals surface area contributed by atoms with Gasteiger partial charge in [-0.1, -0.05) is 0 Å². The zero-order valence-corrected chi connectivity index (χ0v) is 12.6. The van der Waals surface area contributed by atoms with E-state index in [2.05, 4.69) is 15.1 Å². The van der Waals surface area contributed by atoms with Crippen LogP contribution < -0.4 is 5.32 Å². The standard InChI is InChI=1S/C12H25N3O.2ClH/c16-9-8-14-4-6-15(7-5-14)11-12-2-1-3-13-10-12;;/h12-13,16H,1-11H2;2*1H. The van der Waals surface area contributed by atoms with Crippen LogP contribution in [0.4, 0.5) is 0 Å². The number of rotatable bonds is 4. The summed E-state index contributed by atoms with van der Waals surface area (Å²) in [5.74, 6) is 0.859. The molecule has 2 N–H and O–H groups in total. The van der Waals surface area contributed by atoms with Gasteiger partial charge in [0.15, 0.2) is 0 Å². The summed E-state index contributed by atoms with van der Waals surface area (Å²) in [6.07, 6.45) is 2.74. The third-order valence-electron chi connectivity index (χ3n) is 3.80. The van der Waals surface area contributed by atoms with Crippen molar-refractivity contribution in [2.45, 2.75) is 12.8 Å². The first kappa shape index (κ1) is 18.4. The van der Waals surface area contributed by atoms with Gasteiger partial charge < -0.3 is 15.3 Å². The maximum atomic E-state index is 8.88. The number of piperidine rings is 1. The van der Waals surface area contributed by atoms with E-state index in [1.54, 1.807) is 0 Å². The molecule has 2 heterocycles. The number of hydrogen-bond donors (Lipinski definition) is 2. The van der Waals surface area contributed by atoms with Gasteiger partial charge >= 0.3 is 0 Å². The highest BCUT2D eigenvalue weighted by Crippen LogP contribution is 2.13. The number of nitrogens with one attached hydrogen (secondary N) is 1. The number of aliphatic hydroxyl groups excluding tert-OH is 1. The lowest BCUT2D eigenvalue weighted by molar-refractivity contribution is 0.0976. The van der Waals surface area contributed by atoms with Crippen LogP contribution in [-0.2, 0) is 0 Å². The third kappa shape index (κ3) is 6.04. The van der Waals surface area contributed by atoms with Crippen molar-refractivity contribution in [3.63, 3.8) is 0 Å². The second-order valence-corrected chi connectivity index (χ2v) is 5.08. The molecule has 2 saturated heterocycles. The molecule has 0 aromatic carbocycles. The third-order valence-corrected chi connectivity index (χ3v) is 3.80. The minimum atomic E-state index is 0. The van der Waals surface area contributed by atoms with Crippen molar-refractivity contribution in [2.75, 3.05) is 59.0 Å². The van der Waals surface area contributed by atoms with Crippen LogP contribution in [0.25, 0.3) is 0 Å². The van der Waals surface area contributed by atoms with E-state index >= 15 is 0 Å². The summed E-state index contributed by atoms with van der Waals surface area (Å²) >= 11 is 0. The van der Waals surface area contributed by atoms with Gasteiger partial charge in [0.1, 0.15) is 0 Å². The van der Waals surface area contributed by atoms with Gasteiger partial charge in [0.05, 0.1) is 6.61 Å². The Morgan fingerprint density at radius 2 is 1.72 bits per heavy atom. The van der Waals surface area contributed by atoms with Crippen LogP contribution >= 0.6 is 24.8 Å². The molecule has 2 fully saturated rings. The summed E-state index contributed by atoms with van der Waals surface area (Å²) in [6.45, 7) is 9.43. The van der Waals surface area contributed by atoms with E-state index in [1.807, 2.05) is 0 Å². The SMILES string of the molecule is Cl.Cl.OCCN1CCN(CC2CCCNC2)CC1. The predicted molar refractivity (Wildman–Crippen MR) is 80.1 cm³/mol. The molecule has 4 nitrogen and oxygen atoms in total. The molecule has 0 saturated carbocycles. The lowest BCUT2D eigenvalue weighted by Gasteiger charge is -2.37. The van der Waals surface area contributed by atoms with E-state index in [-0.39, 0.29) is 24.8 Å². The Kier molecular flexibility index (Phi) is 10.5. The van der Waals surface area contributed by atoms with Crippen molar-refractivity contribution in [1.82, 2.24) is 15.1 Å². The molecular weight excluding hydrogens is 273 g/mol. The fraction of sp³-hybridized carbons (Fsp3) is 1.00. The number of hydrogen-bond acceptors (Lipinski definition) is 4. The first-order valence-electron chi connectivity index (χ1n) is 6.65. The van der Waals surface area contributed by atoms with Gasteiger partial charge in [0.2, 0.25) is 0 Å². The van der Waals surface area contributed by atoms with Crippen LogP contribution in [0, 0.1) is 5.92 Å². The molecule has 2 aliphatic heterocycles. The first-order valence-corrected chi connectivity index (χ1v) is 6.65. The quantitative estimate of drug-likeness (QED) is 0.790. The van der Waals surface area contributed by atoms with E-state index in [0.29, 0.717) is 6.61 Å². The molecule has 0 aromatic rings. The summed E-state index contributed by atoms with van der Waals surface area (Å²) in [5, 5.41) is 12.4. The average Bonchev–Trinajstić information content (AvgIpc) is 2.33. The molecule has 0 spiro atoms. The minimum absolute atomic E-state index is 0. The fourth-order valence-electron chi connectivity index (χ4n) is 2.78. The Balaban J connectivity index is 0.00000144. The average molecular weight is 300 g/mol. The van der Waals surface area contributed by atoms with E-state index in [4.69, 9.17) is 5.11 Å². The molecule has 6 heteroatoms. The molecular formula is C12H27Cl2N3O. The fourth-order valence-corrected chi connectivity index (χ4v) is 2.78. The van der Waals surface area contributed by atoms with Crippen molar-refractivity contribution in [2.24, 2.45) is 5.92 Å². The molecule has 2 aliphatic rings. The van der Waals surface area contributed by atoms with Gasteiger partial charge in [0, 0.05) is 39.3 Å². The van der Waals surface area contributed by atoms with E-state index in [9.17, 15) is 0 Å². The highest BCUT2D eigenvalue weighted by molar-refractivity contribution is 5.85. The van der Waals surface area contributed by atoms with E-state index < -0.39 is 0 Å². The summed E-state index contributed by atoms with van der Waals surface area (Å²) < 4.78 is 0. The van der Waals surface area contributed by atoms with Crippen molar-refractivity contribution >= 4 is 24.8 Å². The summed E-state index contributed by atoms with van der Waals surface area (Å²) in [4.78, 5) is 4.95. The number of piperazine rings is 1. The Morgan fingerprint density at radius 3 is 2.28 bits per heavy atom. The highest BCUT2D eigenvalue weighted by Gasteiger charge is 2.20. The molecule has 0 aromatic heterocycles. The van der Waals surface area contributed by atoms with Gasteiger partial charge in [0.25, 0.3) is 0 Å². The highest BCUT2D eigenvalue weighted by atomic mass is 35.5. The second-order valence-electron chi connectivity index (χ2n) is 5.08. The van der Waals surface area contributed by atoms with Crippen LogP contribution in [0.3, 0.4) is 0 Å². The van der Waals surface area contributed by atoms with Crippen LogP contribution in [-0.4, -0.2) is 73.9 Å². The molecule has 0 bridgehead atoms. The van der Waals surface area contributed by atoms with Crippen LogP contribution in [0.15, 0.2) is 0 Å². The van der Waals surface area contributed by atoms with Gasteiger partial charge in [-0.15, -0.1) is 24.8 Å². The normalized spacial score (nSPS) is 26.2. The van der Waals surface area contributed by atoms with Crippen molar-refractivity contribution < 1.29 is 5.11 Å². The van der Waals surface area contributed by atoms with Crippen LogP contribution in [0.1, 0.15) is 12.8 Å². The zero-order valence-electron chi connectivity index (χ0n) is 11.0. The number of nitrogens with zero attached hydrogens (tertiary/aromatic N) is 2. The van der Waals surface area contributed by atoms with Gasteiger partial charge in [-0.3, -0.25) is 4.90 Å². The predicted octanol–water partition coefficient (Wildman–Crippen LogP) is 0.440. The molecule has 0 radical (unpaired) electrons. The Bertz CT molecular complexity index is 196. The maximum Gasteiger partial charge on any atom is 0.0558 e. The number of halogens is 2. The topological polar surface area (TPSA) is 38.7 Å². The first-order chi connectivity index (χ1) is 7.88. The molecule has 110 valence electrons. The van der Waals surface area contributed by atoms with E-state index in [0.717, 1.165) is 25.6 Å². The lowest BCUT2D eigenvalue weighted by Crippen LogP contribution is -2.49. The van der Waals surface area contributed by atoms with Crippen molar-refractivity contribution in [3.05, 3.63) is 0 Å². The molecule has 1 unspecified atom stereocenters. The monoisotopic (exact) mass is 299 g/mol. The van der Waals surface area contributed by atoms with Gasteiger partial charge in [-0.2, -0.15) is 0 Å². The second kappa shape index (κ2) is 10.2. The van der Waals surface area contributed by atoms with Crippen LogP contribution in [0.2, 0.25) is 0 Å². The zero-order chi connectivity index (χ0) is 11.2. The maximum absolute atomic E-state index is 8.88. The Morgan fingerprint density at radius 1 is 1.06 bits per heavy atom. The molecule has 0 amide bonds. The van der Waals surface area contributed by atoms with Crippen molar-refractivity contribution in [1.29, 1.82) is 0 Å². The minimum Gasteiger partial charge on any atom is -0.395 e. The Labute approximate surface area is 123 Å². The summed E-state index contributed by atoms with van der Waals surface area (Å²) in [6, 6.07) is 0. The van der Waals surface area contributed by atoms with Gasteiger partial charge in [-0.05, 0) is 31.8 Å². The number of aliphatic hydroxyl groups is 1. The van der Waals surface area contributed by atoms with E-state index in [1.165, 1.54) is 45.6 Å². The summed E-state index contributed by atoms with van der Waals surface area (Å²) in [5.41, 5.74) is 0. The molecule has 2 rings (SSSR count). The molecule has 0 aliphatic carbocycles. The van der Waals surface area contributed by atoms with Crippen molar-refractivity contribution in [3.8, 4) is 0 Å². The molecule has 1 atom stereocenters.